The van der Waals surface area contributed by atoms with E-state index in [9.17, 15) is 9.59 Å². The standard InChI is InChI=1S/C20H23N3O3.ClH/c1-14(21)11-19(24)22-15-12-20(25)23(13-15)16-7-9-18(10-8-16)26-17-5-3-2-4-6-17;/h2-10,14-15H,11-13,21H2,1H3,(H,22,24);1H. The fourth-order valence-electron chi connectivity index (χ4n) is 2.95. The number of ether oxygens (including phenoxy) is 1. The van der Waals surface area contributed by atoms with Gasteiger partial charge in [0.25, 0.3) is 0 Å². The highest BCUT2D eigenvalue weighted by atomic mass is 35.5. The Kier molecular flexibility index (Phi) is 7.21. The van der Waals surface area contributed by atoms with Gasteiger partial charge in [0.05, 0.1) is 6.04 Å². The largest absolute Gasteiger partial charge is 0.457 e. The number of carbonyl (C=O) groups is 2. The number of hydrogen-bond acceptors (Lipinski definition) is 4. The van der Waals surface area contributed by atoms with Crippen LogP contribution in [0.25, 0.3) is 0 Å². The zero-order valence-corrected chi connectivity index (χ0v) is 15.9. The summed E-state index contributed by atoms with van der Waals surface area (Å²) in [5.74, 6) is 1.34. The zero-order chi connectivity index (χ0) is 18.5. The molecule has 1 saturated heterocycles. The summed E-state index contributed by atoms with van der Waals surface area (Å²) in [5.41, 5.74) is 6.42. The molecule has 0 bridgehead atoms. The van der Waals surface area contributed by atoms with Crippen LogP contribution in [0, 0.1) is 0 Å². The van der Waals surface area contributed by atoms with Gasteiger partial charge in [0, 0.05) is 31.1 Å². The maximum atomic E-state index is 12.3. The van der Waals surface area contributed by atoms with E-state index in [0.29, 0.717) is 18.7 Å². The van der Waals surface area contributed by atoms with Crippen molar-refractivity contribution in [2.24, 2.45) is 5.73 Å². The lowest BCUT2D eigenvalue weighted by atomic mass is 10.2. The first-order valence-electron chi connectivity index (χ1n) is 8.69. The first-order valence-corrected chi connectivity index (χ1v) is 8.69. The van der Waals surface area contributed by atoms with Crippen LogP contribution in [0.5, 0.6) is 11.5 Å². The van der Waals surface area contributed by atoms with Crippen LogP contribution in [0.4, 0.5) is 5.69 Å². The van der Waals surface area contributed by atoms with Crippen molar-refractivity contribution in [1.29, 1.82) is 0 Å². The number of carbonyl (C=O) groups excluding carboxylic acids is 2. The molecule has 3 N–H and O–H groups in total. The number of nitrogens with one attached hydrogen (secondary N) is 1. The molecule has 1 heterocycles. The normalized spacial score (nSPS) is 17.2. The van der Waals surface area contributed by atoms with E-state index in [0.717, 1.165) is 11.4 Å². The Morgan fingerprint density at radius 2 is 1.81 bits per heavy atom. The minimum Gasteiger partial charge on any atom is -0.457 e. The van der Waals surface area contributed by atoms with E-state index in [-0.39, 0.29) is 42.7 Å². The van der Waals surface area contributed by atoms with Gasteiger partial charge in [0.2, 0.25) is 11.8 Å². The van der Waals surface area contributed by atoms with E-state index in [4.69, 9.17) is 10.5 Å². The van der Waals surface area contributed by atoms with Crippen molar-refractivity contribution in [3.63, 3.8) is 0 Å². The first-order chi connectivity index (χ1) is 12.5. The molecule has 2 aromatic carbocycles. The van der Waals surface area contributed by atoms with Crippen LogP contribution in [0.1, 0.15) is 19.8 Å². The van der Waals surface area contributed by atoms with Crippen molar-refractivity contribution < 1.29 is 14.3 Å². The van der Waals surface area contributed by atoms with Gasteiger partial charge in [-0.3, -0.25) is 9.59 Å². The quantitative estimate of drug-likeness (QED) is 0.795. The lowest BCUT2D eigenvalue weighted by Gasteiger charge is -2.18. The second-order valence-corrected chi connectivity index (χ2v) is 6.56. The molecule has 0 spiro atoms. The molecule has 0 aromatic heterocycles. The first kappa shape index (κ1) is 20.7. The molecule has 0 saturated carbocycles. The lowest BCUT2D eigenvalue weighted by molar-refractivity contribution is -0.122. The van der Waals surface area contributed by atoms with Crippen molar-refractivity contribution in [2.75, 3.05) is 11.4 Å². The summed E-state index contributed by atoms with van der Waals surface area (Å²) in [5, 5.41) is 2.88. The number of para-hydroxylation sites is 1. The predicted molar refractivity (Wildman–Crippen MR) is 107 cm³/mol. The number of anilines is 1. The highest BCUT2D eigenvalue weighted by Crippen LogP contribution is 2.26. The molecule has 1 aliphatic rings. The monoisotopic (exact) mass is 389 g/mol. The molecule has 2 atom stereocenters. The highest BCUT2D eigenvalue weighted by molar-refractivity contribution is 5.96. The van der Waals surface area contributed by atoms with Crippen LogP contribution >= 0.6 is 12.4 Å². The van der Waals surface area contributed by atoms with Crippen LogP contribution in [-0.2, 0) is 9.59 Å². The molecular formula is C20H24ClN3O3. The van der Waals surface area contributed by atoms with Crippen LogP contribution in [0.2, 0.25) is 0 Å². The maximum absolute atomic E-state index is 12.3. The SMILES string of the molecule is CC(N)CC(=O)NC1CC(=O)N(c2ccc(Oc3ccccc3)cc2)C1.Cl. The number of nitrogens with two attached hydrogens (primary N) is 1. The third-order valence-corrected chi connectivity index (χ3v) is 4.12. The van der Waals surface area contributed by atoms with Crippen molar-refractivity contribution in [1.82, 2.24) is 5.32 Å². The average molecular weight is 390 g/mol. The van der Waals surface area contributed by atoms with Crippen molar-refractivity contribution in [2.45, 2.75) is 31.8 Å². The summed E-state index contributed by atoms with van der Waals surface area (Å²) in [6.45, 7) is 2.24. The predicted octanol–water partition coefficient (Wildman–Crippen LogP) is 2.86. The molecular weight excluding hydrogens is 366 g/mol. The Balaban J connectivity index is 0.00000261. The third-order valence-electron chi connectivity index (χ3n) is 4.12. The number of amides is 2. The highest BCUT2D eigenvalue weighted by Gasteiger charge is 2.31. The Morgan fingerprint density at radius 3 is 2.44 bits per heavy atom. The fraction of sp³-hybridized carbons (Fsp3) is 0.300. The van der Waals surface area contributed by atoms with Crippen molar-refractivity contribution in [3.05, 3.63) is 54.6 Å². The van der Waals surface area contributed by atoms with E-state index in [1.165, 1.54) is 0 Å². The second kappa shape index (κ2) is 9.39. The van der Waals surface area contributed by atoms with E-state index in [2.05, 4.69) is 5.32 Å². The lowest BCUT2D eigenvalue weighted by Crippen LogP contribution is -2.39. The Labute approximate surface area is 165 Å². The molecule has 2 aromatic rings. The number of halogens is 1. The van der Waals surface area contributed by atoms with Crippen LogP contribution in [0.15, 0.2) is 54.6 Å². The summed E-state index contributed by atoms with van der Waals surface area (Å²) in [6.07, 6.45) is 0.559. The third kappa shape index (κ3) is 5.70. The number of nitrogens with zero attached hydrogens (tertiary/aromatic N) is 1. The van der Waals surface area contributed by atoms with Gasteiger partial charge >= 0.3 is 0 Å². The van der Waals surface area contributed by atoms with Gasteiger partial charge in [-0.2, -0.15) is 0 Å². The summed E-state index contributed by atoms with van der Waals surface area (Å²) in [6, 6.07) is 16.5. The van der Waals surface area contributed by atoms with Crippen LogP contribution in [-0.4, -0.2) is 30.4 Å². The molecule has 27 heavy (non-hydrogen) atoms. The molecule has 0 radical (unpaired) electrons. The van der Waals surface area contributed by atoms with Crippen LogP contribution in [0.3, 0.4) is 0 Å². The molecule has 2 amide bonds. The second-order valence-electron chi connectivity index (χ2n) is 6.56. The molecule has 3 rings (SSSR count). The smallest absolute Gasteiger partial charge is 0.229 e. The van der Waals surface area contributed by atoms with E-state index in [1.54, 1.807) is 11.8 Å². The minimum absolute atomic E-state index is 0. The summed E-state index contributed by atoms with van der Waals surface area (Å²) < 4.78 is 5.76. The summed E-state index contributed by atoms with van der Waals surface area (Å²) >= 11 is 0. The minimum atomic E-state index is -0.194. The Morgan fingerprint density at radius 1 is 1.19 bits per heavy atom. The van der Waals surface area contributed by atoms with Gasteiger partial charge in [-0.25, -0.2) is 0 Å². The van der Waals surface area contributed by atoms with E-state index < -0.39 is 0 Å². The van der Waals surface area contributed by atoms with Gasteiger partial charge in [0.1, 0.15) is 11.5 Å². The van der Waals surface area contributed by atoms with E-state index in [1.807, 2.05) is 54.6 Å². The molecule has 6 nitrogen and oxygen atoms in total. The summed E-state index contributed by atoms with van der Waals surface area (Å²) in [4.78, 5) is 25.8. The fourth-order valence-corrected chi connectivity index (χ4v) is 2.95. The van der Waals surface area contributed by atoms with Gasteiger partial charge < -0.3 is 20.7 Å². The van der Waals surface area contributed by atoms with Gasteiger partial charge in [-0.15, -0.1) is 12.4 Å². The Hall–Kier alpha value is -2.57. The summed E-state index contributed by atoms with van der Waals surface area (Å²) in [7, 11) is 0. The topological polar surface area (TPSA) is 84.7 Å². The molecule has 1 fully saturated rings. The van der Waals surface area contributed by atoms with Gasteiger partial charge in [-0.05, 0) is 43.3 Å². The van der Waals surface area contributed by atoms with E-state index >= 15 is 0 Å². The molecule has 144 valence electrons. The maximum Gasteiger partial charge on any atom is 0.229 e. The zero-order valence-electron chi connectivity index (χ0n) is 15.1. The molecule has 1 aliphatic heterocycles. The number of benzene rings is 2. The van der Waals surface area contributed by atoms with Crippen molar-refractivity contribution in [3.8, 4) is 11.5 Å². The molecule has 2 unspecified atom stereocenters. The van der Waals surface area contributed by atoms with Gasteiger partial charge in [-0.1, -0.05) is 18.2 Å². The number of hydrogen-bond donors (Lipinski definition) is 2. The van der Waals surface area contributed by atoms with Crippen LogP contribution < -0.4 is 20.7 Å². The average Bonchev–Trinajstić information content (AvgIpc) is 2.96. The molecule has 0 aliphatic carbocycles. The molecule has 7 heteroatoms. The Bertz CT molecular complexity index is 766. The number of rotatable bonds is 6. The van der Waals surface area contributed by atoms with Crippen molar-refractivity contribution >= 4 is 29.9 Å². The van der Waals surface area contributed by atoms with Gasteiger partial charge in [0.15, 0.2) is 0 Å².